The fourth-order valence-corrected chi connectivity index (χ4v) is 4.63. The maximum absolute atomic E-state index is 14.9. The lowest BCUT2D eigenvalue weighted by atomic mass is 10.2. The number of aromatic amines is 1. The predicted octanol–water partition coefficient (Wildman–Crippen LogP) is 4.15. The lowest BCUT2D eigenvalue weighted by Crippen LogP contribution is -2.16. The van der Waals surface area contributed by atoms with E-state index < -0.39 is 20.7 Å². The summed E-state index contributed by atoms with van der Waals surface area (Å²) in [6, 6.07) is 14.2. The Bertz CT molecular complexity index is 1300. The summed E-state index contributed by atoms with van der Waals surface area (Å²) in [6.45, 7) is 0. The molecule has 0 aliphatic carbocycles. The van der Waals surface area contributed by atoms with Gasteiger partial charge in [-0.25, -0.2) is 17.8 Å². The molecular formula is C19H13FN6O2S2. The van der Waals surface area contributed by atoms with Crippen LogP contribution >= 0.6 is 11.3 Å². The predicted molar refractivity (Wildman–Crippen MR) is 111 cm³/mol. The highest BCUT2D eigenvalue weighted by Crippen LogP contribution is 2.34. The molecule has 150 valence electrons. The highest BCUT2D eigenvalue weighted by atomic mass is 32.2. The molecule has 11 heteroatoms. The number of halogens is 1. The number of aromatic nitrogens is 3. The van der Waals surface area contributed by atoms with Gasteiger partial charge in [-0.3, -0.25) is 14.7 Å². The van der Waals surface area contributed by atoms with E-state index in [2.05, 4.69) is 19.9 Å². The molecule has 8 nitrogen and oxygen atoms in total. The van der Waals surface area contributed by atoms with Crippen LogP contribution in [0.1, 0.15) is 5.56 Å². The van der Waals surface area contributed by atoms with Crippen LogP contribution in [0.15, 0.2) is 71.2 Å². The monoisotopic (exact) mass is 440 g/mol. The van der Waals surface area contributed by atoms with Gasteiger partial charge in [0.15, 0.2) is 5.13 Å². The first-order valence-corrected chi connectivity index (χ1v) is 10.9. The van der Waals surface area contributed by atoms with Gasteiger partial charge in [-0.05, 0) is 42.5 Å². The van der Waals surface area contributed by atoms with Crippen LogP contribution in [0.5, 0.6) is 0 Å². The summed E-state index contributed by atoms with van der Waals surface area (Å²) in [5, 5.41) is 17.5. The highest BCUT2D eigenvalue weighted by molar-refractivity contribution is 7.93. The molecule has 0 amide bonds. The second kappa shape index (κ2) is 7.94. The lowest BCUT2D eigenvalue weighted by molar-refractivity contribution is 0.570. The van der Waals surface area contributed by atoms with E-state index in [9.17, 15) is 12.8 Å². The lowest BCUT2D eigenvalue weighted by Gasteiger charge is -2.23. The molecule has 0 unspecified atom stereocenters. The van der Waals surface area contributed by atoms with Crippen molar-refractivity contribution < 1.29 is 12.8 Å². The number of hydrogen-bond donors (Lipinski definition) is 2. The van der Waals surface area contributed by atoms with Crippen molar-refractivity contribution in [2.75, 3.05) is 9.62 Å². The van der Waals surface area contributed by atoms with Crippen molar-refractivity contribution in [3.05, 3.63) is 77.7 Å². The Morgan fingerprint density at radius 2 is 1.87 bits per heavy atom. The number of H-pyrrole nitrogens is 1. The van der Waals surface area contributed by atoms with Crippen molar-refractivity contribution >= 4 is 43.7 Å². The minimum Gasteiger partial charge on any atom is -0.295 e. The Morgan fingerprint density at radius 3 is 2.47 bits per heavy atom. The third-order valence-electron chi connectivity index (χ3n) is 4.10. The summed E-state index contributed by atoms with van der Waals surface area (Å²) in [5.41, 5.74) is 1.48. The van der Waals surface area contributed by atoms with Gasteiger partial charge in [0.2, 0.25) is 0 Å². The van der Waals surface area contributed by atoms with Crippen molar-refractivity contribution in [2.24, 2.45) is 0 Å². The van der Waals surface area contributed by atoms with Gasteiger partial charge in [0.1, 0.15) is 16.5 Å². The van der Waals surface area contributed by atoms with Gasteiger partial charge in [-0.2, -0.15) is 10.4 Å². The van der Waals surface area contributed by atoms with Crippen molar-refractivity contribution in [1.29, 1.82) is 5.26 Å². The number of nitrogens with one attached hydrogen (secondary N) is 2. The molecule has 4 aromatic rings. The fourth-order valence-electron chi connectivity index (χ4n) is 2.78. The van der Waals surface area contributed by atoms with Crippen LogP contribution in [-0.2, 0) is 10.0 Å². The first-order valence-electron chi connectivity index (χ1n) is 8.49. The Hall–Kier alpha value is -3.75. The largest absolute Gasteiger partial charge is 0.295 e. The second-order valence-electron chi connectivity index (χ2n) is 5.99. The fraction of sp³-hybridized carbons (Fsp3) is 0. The minimum absolute atomic E-state index is 0.148. The number of rotatable bonds is 6. The molecule has 0 bridgehead atoms. The second-order valence-corrected chi connectivity index (χ2v) is 8.54. The molecule has 0 aliphatic heterocycles. The maximum Gasteiger partial charge on any atom is 0.266 e. The molecule has 0 aliphatic rings. The van der Waals surface area contributed by atoms with Gasteiger partial charge in [-0.1, -0.05) is 0 Å². The quantitative estimate of drug-likeness (QED) is 0.465. The molecule has 2 aromatic heterocycles. The van der Waals surface area contributed by atoms with E-state index in [0.29, 0.717) is 22.8 Å². The number of hydrogen-bond acceptors (Lipinski definition) is 7. The van der Waals surface area contributed by atoms with Gasteiger partial charge in [-0.15, -0.1) is 11.3 Å². The summed E-state index contributed by atoms with van der Waals surface area (Å²) in [5.74, 6) is -0.384. The molecule has 4 rings (SSSR count). The molecule has 0 fully saturated rings. The number of sulfonamides is 1. The summed E-state index contributed by atoms with van der Waals surface area (Å²) < 4.78 is 42.2. The van der Waals surface area contributed by atoms with Gasteiger partial charge in [0, 0.05) is 23.3 Å². The highest BCUT2D eigenvalue weighted by Gasteiger charge is 2.23. The Labute approximate surface area is 175 Å². The van der Waals surface area contributed by atoms with Crippen molar-refractivity contribution in [3.8, 4) is 6.07 Å². The third kappa shape index (κ3) is 3.86. The number of benzene rings is 2. The third-order valence-corrected chi connectivity index (χ3v) is 6.29. The SMILES string of the molecule is N#Cc1ccc(N(c2ccc(S(=O)(=O)Nc3nccs3)c(F)c2)c2ccn[nH]2)cc1. The number of nitriles is 1. The zero-order valence-corrected chi connectivity index (χ0v) is 16.8. The summed E-state index contributed by atoms with van der Waals surface area (Å²) in [4.78, 5) is 5.01. The molecule has 0 radical (unpaired) electrons. The maximum atomic E-state index is 14.9. The van der Waals surface area contributed by atoms with E-state index >= 15 is 0 Å². The Morgan fingerprint density at radius 1 is 1.10 bits per heavy atom. The van der Waals surface area contributed by atoms with Crippen LogP contribution in [-0.4, -0.2) is 23.6 Å². The van der Waals surface area contributed by atoms with Crippen LogP contribution < -0.4 is 9.62 Å². The molecule has 2 aromatic carbocycles. The zero-order valence-electron chi connectivity index (χ0n) is 15.2. The first kappa shape index (κ1) is 19.6. The molecule has 2 N–H and O–H groups in total. The molecular weight excluding hydrogens is 427 g/mol. The van der Waals surface area contributed by atoms with Crippen LogP contribution in [0.4, 0.5) is 26.7 Å². The van der Waals surface area contributed by atoms with E-state index in [4.69, 9.17) is 5.26 Å². The smallest absolute Gasteiger partial charge is 0.266 e. The molecule has 0 spiro atoms. The molecule has 0 atom stereocenters. The number of thiazole rings is 1. The van der Waals surface area contributed by atoms with E-state index in [0.717, 1.165) is 17.4 Å². The van der Waals surface area contributed by atoms with E-state index in [-0.39, 0.29) is 5.13 Å². The zero-order chi connectivity index (χ0) is 21.1. The van der Waals surface area contributed by atoms with E-state index in [1.165, 1.54) is 18.3 Å². The molecule has 2 heterocycles. The average Bonchev–Trinajstić information content (AvgIpc) is 3.43. The van der Waals surface area contributed by atoms with Crippen LogP contribution in [0.3, 0.4) is 0 Å². The van der Waals surface area contributed by atoms with Crippen molar-refractivity contribution in [2.45, 2.75) is 4.90 Å². The van der Waals surface area contributed by atoms with Gasteiger partial charge in [0.25, 0.3) is 10.0 Å². The number of nitrogens with zero attached hydrogens (tertiary/aromatic N) is 4. The summed E-state index contributed by atoms with van der Waals surface area (Å²) >= 11 is 1.09. The van der Waals surface area contributed by atoms with Crippen molar-refractivity contribution in [3.63, 3.8) is 0 Å². The van der Waals surface area contributed by atoms with Gasteiger partial charge < -0.3 is 0 Å². The van der Waals surface area contributed by atoms with E-state index in [1.54, 1.807) is 46.8 Å². The standard InChI is InChI=1S/C19H13FN6O2S2/c20-16-11-15(5-6-17(16)30(27,28)25-19-22-9-10-29-19)26(18-7-8-23-24-18)14-3-1-13(12-21)2-4-14/h1-11H,(H,22,25)(H,23,24). The molecule has 0 saturated carbocycles. The summed E-state index contributed by atoms with van der Waals surface area (Å²) in [7, 11) is -4.14. The molecule has 0 saturated heterocycles. The van der Waals surface area contributed by atoms with Crippen LogP contribution in [0, 0.1) is 17.1 Å². The van der Waals surface area contributed by atoms with Gasteiger partial charge >= 0.3 is 0 Å². The van der Waals surface area contributed by atoms with Crippen LogP contribution in [0.25, 0.3) is 0 Å². The normalized spacial score (nSPS) is 11.1. The number of anilines is 4. The Balaban J connectivity index is 1.73. The summed E-state index contributed by atoms with van der Waals surface area (Å²) in [6.07, 6.45) is 2.99. The van der Waals surface area contributed by atoms with Crippen LogP contribution in [0.2, 0.25) is 0 Å². The minimum atomic E-state index is -4.14. The first-order chi connectivity index (χ1) is 14.5. The Kier molecular flexibility index (Phi) is 5.18. The van der Waals surface area contributed by atoms with Crippen molar-refractivity contribution in [1.82, 2.24) is 15.2 Å². The van der Waals surface area contributed by atoms with E-state index in [1.807, 2.05) is 6.07 Å². The average molecular weight is 440 g/mol. The molecule has 30 heavy (non-hydrogen) atoms. The topological polar surface area (TPSA) is 115 Å². The van der Waals surface area contributed by atoms with Gasteiger partial charge in [0.05, 0.1) is 23.5 Å².